The molecule has 0 aliphatic carbocycles. The van der Waals surface area contributed by atoms with Crippen LogP contribution in [0.3, 0.4) is 0 Å². The van der Waals surface area contributed by atoms with Crippen molar-refractivity contribution in [3.63, 3.8) is 0 Å². The summed E-state index contributed by atoms with van der Waals surface area (Å²) in [5, 5.41) is 13.5. The molecule has 0 bridgehead atoms. The van der Waals surface area contributed by atoms with Gasteiger partial charge in [0.2, 0.25) is 0 Å². The van der Waals surface area contributed by atoms with Gasteiger partial charge in [-0.15, -0.1) is 11.3 Å². The van der Waals surface area contributed by atoms with Crippen molar-refractivity contribution in [2.75, 3.05) is 0 Å². The van der Waals surface area contributed by atoms with E-state index in [0.717, 1.165) is 10.9 Å². The van der Waals surface area contributed by atoms with Crippen molar-refractivity contribution in [2.24, 2.45) is 0 Å². The third-order valence-corrected chi connectivity index (χ3v) is 5.38. The zero-order valence-corrected chi connectivity index (χ0v) is 13.0. The van der Waals surface area contributed by atoms with E-state index in [-0.39, 0.29) is 5.41 Å². The highest BCUT2D eigenvalue weighted by Crippen LogP contribution is 2.31. The van der Waals surface area contributed by atoms with Crippen LogP contribution in [-0.4, -0.2) is 11.1 Å². The first-order chi connectivity index (χ1) is 8.89. The van der Waals surface area contributed by atoms with Crippen molar-refractivity contribution >= 4 is 36.5 Å². The van der Waals surface area contributed by atoms with Crippen LogP contribution < -0.4 is 10.6 Å². The SMILES string of the molecule is CC(C)(C)c1csc(C(=O)O)c1Pc1ccccc1. The molecule has 2 rings (SSSR count). The number of carboxylic acid groups (broad SMARTS) is 1. The molecule has 0 saturated heterocycles. The van der Waals surface area contributed by atoms with E-state index >= 15 is 0 Å². The molecule has 1 heterocycles. The average molecular weight is 292 g/mol. The first-order valence-electron chi connectivity index (χ1n) is 6.07. The molecule has 1 aromatic heterocycles. The van der Waals surface area contributed by atoms with Gasteiger partial charge in [0.25, 0.3) is 0 Å². The van der Waals surface area contributed by atoms with Gasteiger partial charge in [-0.25, -0.2) is 4.79 Å². The zero-order valence-electron chi connectivity index (χ0n) is 11.2. The van der Waals surface area contributed by atoms with E-state index in [4.69, 9.17) is 0 Å². The Bertz CT molecular complexity index is 582. The molecule has 0 saturated carbocycles. The molecule has 1 atom stereocenters. The molecule has 0 spiro atoms. The van der Waals surface area contributed by atoms with Crippen LogP contribution in [0.5, 0.6) is 0 Å². The summed E-state index contributed by atoms with van der Waals surface area (Å²) in [6.07, 6.45) is 0. The van der Waals surface area contributed by atoms with Crippen LogP contribution in [0.2, 0.25) is 0 Å². The monoisotopic (exact) mass is 292 g/mol. The lowest BCUT2D eigenvalue weighted by Gasteiger charge is -2.20. The minimum absolute atomic E-state index is 0.0265. The van der Waals surface area contributed by atoms with Crippen LogP contribution in [-0.2, 0) is 5.41 Å². The Morgan fingerprint density at radius 2 is 1.84 bits per heavy atom. The van der Waals surface area contributed by atoms with Gasteiger partial charge in [0, 0.05) is 5.30 Å². The molecule has 4 heteroatoms. The number of rotatable bonds is 3. The molecule has 0 fully saturated rings. The van der Waals surface area contributed by atoms with Gasteiger partial charge < -0.3 is 5.11 Å². The predicted octanol–water partition coefficient (Wildman–Crippen LogP) is 3.37. The highest BCUT2D eigenvalue weighted by molar-refractivity contribution is 7.56. The van der Waals surface area contributed by atoms with Crippen LogP contribution >= 0.6 is 19.9 Å². The molecule has 0 aliphatic rings. The first-order valence-corrected chi connectivity index (χ1v) is 7.95. The minimum atomic E-state index is -0.820. The van der Waals surface area contributed by atoms with Gasteiger partial charge in [-0.05, 0) is 21.7 Å². The lowest BCUT2D eigenvalue weighted by molar-refractivity contribution is 0.0703. The Kier molecular flexibility index (Phi) is 4.07. The fourth-order valence-electron chi connectivity index (χ4n) is 1.86. The third-order valence-electron chi connectivity index (χ3n) is 2.84. The molecule has 0 aliphatic heterocycles. The van der Waals surface area contributed by atoms with Crippen LogP contribution in [0.25, 0.3) is 0 Å². The van der Waals surface area contributed by atoms with E-state index in [1.165, 1.54) is 16.6 Å². The summed E-state index contributed by atoms with van der Waals surface area (Å²) in [6.45, 7) is 6.37. The fourth-order valence-corrected chi connectivity index (χ4v) is 4.78. The van der Waals surface area contributed by atoms with Gasteiger partial charge >= 0.3 is 5.97 Å². The maximum atomic E-state index is 11.4. The predicted molar refractivity (Wildman–Crippen MR) is 84.0 cm³/mol. The van der Waals surface area contributed by atoms with Crippen molar-refractivity contribution in [2.45, 2.75) is 26.2 Å². The van der Waals surface area contributed by atoms with Crippen molar-refractivity contribution < 1.29 is 9.90 Å². The van der Waals surface area contributed by atoms with Gasteiger partial charge in [-0.1, -0.05) is 59.7 Å². The summed E-state index contributed by atoms with van der Waals surface area (Å²) >= 11 is 1.34. The number of hydrogen-bond acceptors (Lipinski definition) is 2. The third kappa shape index (κ3) is 3.23. The van der Waals surface area contributed by atoms with Gasteiger partial charge in [0.15, 0.2) is 0 Å². The second-order valence-corrected chi connectivity index (χ2v) is 7.61. The molecule has 1 unspecified atom stereocenters. The number of hydrogen-bond donors (Lipinski definition) is 1. The van der Waals surface area contributed by atoms with Gasteiger partial charge in [-0.3, -0.25) is 0 Å². The Balaban J connectivity index is 2.47. The van der Waals surface area contributed by atoms with E-state index in [1.807, 2.05) is 35.7 Å². The zero-order chi connectivity index (χ0) is 14.0. The van der Waals surface area contributed by atoms with E-state index in [1.54, 1.807) is 0 Å². The summed E-state index contributed by atoms with van der Waals surface area (Å²) in [7, 11) is 0.395. The summed E-state index contributed by atoms with van der Waals surface area (Å²) in [6, 6.07) is 10.1. The molecular weight excluding hydrogens is 275 g/mol. The quantitative estimate of drug-likeness (QED) is 0.881. The molecule has 1 N–H and O–H groups in total. The summed E-state index contributed by atoms with van der Waals surface area (Å²) in [4.78, 5) is 11.8. The topological polar surface area (TPSA) is 37.3 Å². The Labute approximate surface area is 119 Å². The fraction of sp³-hybridized carbons (Fsp3) is 0.267. The van der Waals surface area contributed by atoms with Gasteiger partial charge in [0.05, 0.1) is 0 Å². The average Bonchev–Trinajstić information content (AvgIpc) is 2.74. The molecule has 19 heavy (non-hydrogen) atoms. The van der Waals surface area contributed by atoms with Gasteiger partial charge in [0.1, 0.15) is 4.88 Å². The summed E-state index contributed by atoms with van der Waals surface area (Å²) < 4.78 is 0. The van der Waals surface area contributed by atoms with Crippen LogP contribution in [0.1, 0.15) is 36.0 Å². The lowest BCUT2D eigenvalue weighted by Crippen LogP contribution is -2.22. The van der Waals surface area contributed by atoms with E-state index in [0.29, 0.717) is 13.5 Å². The molecule has 0 amide bonds. The van der Waals surface area contributed by atoms with E-state index in [2.05, 4.69) is 20.8 Å². The summed E-state index contributed by atoms with van der Waals surface area (Å²) in [5.74, 6) is -0.820. The second-order valence-electron chi connectivity index (χ2n) is 5.40. The molecule has 2 aromatic rings. The van der Waals surface area contributed by atoms with Crippen molar-refractivity contribution in [1.82, 2.24) is 0 Å². The molecular formula is C15H17O2PS. The highest BCUT2D eigenvalue weighted by atomic mass is 32.1. The molecule has 100 valence electrons. The standard InChI is InChI=1S/C15H17O2PS/c1-15(2,3)11-9-19-13(14(16)17)12(11)18-10-7-5-4-6-8-10/h4-9,18H,1-3H3,(H,16,17). The Morgan fingerprint density at radius 3 is 2.37 bits per heavy atom. The van der Waals surface area contributed by atoms with Crippen molar-refractivity contribution in [3.05, 3.63) is 46.2 Å². The normalized spacial score (nSPS) is 12.2. The smallest absolute Gasteiger partial charge is 0.346 e. The van der Waals surface area contributed by atoms with Gasteiger partial charge in [-0.2, -0.15) is 0 Å². The first kappa shape index (κ1) is 14.2. The number of aromatic carboxylic acids is 1. The number of benzene rings is 1. The lowest BCUT2D eigenvalue weighted by atomic mass is 9.89. The largest absolute Gasteiger partial charge is 0.477 e. The number of thiophene rings is 1. The second kappa shape index (κ2) is 5.44. The molecule has 2 nitrogen and oxygen atoms in total. The van der Waals surface area contributed by atoms with Crippen molar-refractivity contribution in [1.29, 1.82) is 0 Å². The maximum Gasteiger partial charge on any atom is 0.346 e. The maximum absolute atomic E-state index is 11.4. The molecule has 0 radical (unpaired) electrons. The summed E-state index contributed by atoms with van der Waals surface area (Å²) in [5.41, 5.74) is 1.12. The van der Waals surface area contributed by atoms with Crippen LogP contribution in [0, 0.1) is 0 Å². The number of carboxylic acids is 1. The highest BCUT2D eigenvalue weighted by Gasteiger charge is 2.25. The van der Waals surface area contributed by atoms with E-state index in [9.17, 15) is 9.90 Å². The van der Waals surface area contributed by atoms with Crippen molar-refractivity contribution in [3.8, 4) is 0 Å². The van der Waals surface area contributed by atoms with E-state index < -0.39 is 5.97 Å². The Morgan fingerprint density at radius 1 is 1.21 bits per heavy atom. The number of carbonyl (C=O) groups is 1. The van der Waals surface area contributed by atoms with Crippen LogP contribution in [0.4, 0.5) is 0 Å². The minimum Gasteiger partial charge on any atom is -0.477 e. The Hall–Kier alpha value is -1.18. The molecule has 1 aromatic carbocycles. The van der Waals surface area contributed by atoms with Crippen LogP contribution in [0.15, 0.2) is 35.7 Å².